The van der Waals surface area contributed by atoms with E-state index < -0.39 is 30.4 Å². The Kier molecular flexibility index (Phi) is 12.1. The molecule has 0 unspecified atom stereocenters. The van der Waals surface area contributed by atoms with Gasteiger partial charge in [-0.3, -0.25) is 9.59 Å². The molecule has 2 rings (SSSR count). The van der Waals surface area contributed by atoms with Gasteiger partial charge in [0.25, 0.3) is 5.91 Å². The predicted molar refractivity (Wildman–Crippen MR) is 124 cm³/mol. The van der Waals surface area contributed by atoms with Crippen LogP contribution in [0, 0.1) is 11.7 Å². The molecule has 10 heteroatoms. The van der Waals surface area contributed by atoms with Crippen LogP contribution < -0.4 is 34.9 Å². The number of amides is 1. The fourth-order valence-electron chi connectivity index (χ4n) is 3.34. The Morgan fingerprint density at radius 3 is 2.32 bits per heavy atom. The monoisotopic (exact) mass is 485 g/mol. The molecule has 0 aliphatic rings. The quantitative estimate of drug-likeness (QED) is 0.338. The number of aliphatic hydroxyl groups excluding tert-OH is 2. The first-order valence-electron chi connectivity index (χ1n) is 10.9. The van der Waals surface area contributed by atoms with E-state index >= 15 is 0 Å². The Morgan fingerprint density at radius 1 is 1.18 bits per heavy atom. The van der Waals surface area contributed by atoms with E-state index in [0.29, 0.717) is 23.5 Å². The molecule has 1 aromatic carbocycles. The molecule has 0 radical (unpaired) electrons. The maximum atomic E-state index is 13.5. The van der Waals surface area contributed by atoms with Gasteiger partial charge < -0.3 is 22.1 Å². The van der Waals surface area contributed by atoms with E-state index in [1.165, 1.54) is 35.0 Å². The van der Waals surface area contributed by atoms with Crippen LogP contribution in [0.25, 0.3) is 11.8 Å². The molecule has 0 aliphatic heterocycles. The number of nitrogens with one attached hydrogen (secondary N) is 1. The summed E-state index contributed by atoms with van der Waals surface area (Å²) in [5.74, 6) is -1.76. The van der Waals surface area contributed by atoms with Crippen molar-refractivity contribution in [3.05, 3.63) is 53.1 Å². The van der Waals surface area contributed by atoms with Crippen LogP contribution in [0.3, 0.4) is 0 Å². The molecular weight excluding hydrogens is 452 g/mol. The smallest absolute Gasteiger partial charge is 1.00 e. The Labute approximate surface area is 222 Å². The number of carbonyl (C=O) groups is 2. The van der Waals surface area contributed by atoms with E-state index in [1.54, 1.807) is 6.08 Å². The number of carboxylic acid groups (broad SMARTS) is 1. The van der Waals surface area contributed by atoms with Crippen molar-refractivity contribution < 1.29 is 60.3 Å². The largest absolute Gasteiger partial charge is 1.00 e. The van der Waals surface area contributed by atoms with Crippen LogP contribution >= 0.6 is 0 Å². The fraction of sp³-hybridized carbons (Fsp3) is 0.458. The molecule has 2 aromatic rings. The van der Waals surface area contributed by atoms with Crippen molar-refractivity contribution in [2.45, 2.75) is 58.7 Å². The van der Waals surface area contributed by atoms with Crippen molar-refractivity contribution in [1.82, 2.24) is 15.1 Å². The molecule has 0 fully saturated rings. The summed E-state index contributed by atoms with van der Waals surface area (Å²) < 4.78 is 15.0. The average Bonchev–Trinajstić information content (AvgIpc) is 3.10. The summed E-state index contributed by atoms with van der Waals surface area (Å²) in [4.78, 5) is 23.6. The standard InChI is InChI=1S/C24H32FN3O5.Na.H/c1-14(2)13-26-24(33)23-22(15(3)4)20(10-9-18(29)11-19(30)12-21(31)32)28(27-23)17-7-5-16(25)6-8-17;;/h5-10,14-15,18-19,29-30H,11-13H2,1-4H3,(H,26,33)(H,31,32);;/q;+1;-1/b10-9+;;/t18-,19+;;/m0../s1. The van der Waals surface area contributed by atoms with Crippen LogP contribution in [0.1, 0.15) is 69.6 Å². The van der Waals surface area contributed by atoms with Crippen LogP contribution in [0.15, 0.2) is 30.3 Å². The second-order valence-electron chi connectivity index (χ2n) is 8.71. The minimum absolute atomic E-state index is 0. The van der Waals surface area contributed by atoms with Gasteiger partial charge in [-0.2, -0.15) is 5.10 Å². The minimum Gasteiger partial charge on any atom is -1.00 e. The Bertz CT molecular complexity index is 996. The van der Waals surface area contributed by atoms with E-state index in [9.17, 15) is 24.2 Å². The van der Waals surface area contributed by atoms with Crippen LogP contribution in [0.2, 0.25) is 0 Å². The molecule has 4 N–H and O–H groups in total. The Balaban J connectivity index is 0.00000578. The van der Waals surface area contributed by atoms with Gasteiger partial charge in [0.2, 0.25) is 0 Å². The topological polar surface area (TPSA) is 125 Å². The van der Waals surface area contributed by atoms with Gasteiger partial charge in [-0.1, -0.05) is 33.8 Å². The summed E-state index contributed by atoms with van der Waals surface area (Å²) in [7, 11) is 0. The molecule has 2 atom stereocenters. The van der Waals surface area contributed by atoms with E-state index in [0.717, 1.165) is 0 Å². The van der Waals surface area contributed by atoms with E-state index in [-0.39, 0.29) is 60.8 Å². The van der Waals surface area contributed by atoms with Crippen molar-refractivity contribution in [3.63, 3.8) is 0 Å². The molecule has 0 bridgehead atoms. The summed E-state index contributed by atoms with van der Waals surface area (Å²) >= 11 is 0. The third-order valence-electron chi connectivity index (χ3n) is 4.89. The maximum absolute atomic E-state index is 13.5. The normalized spacial score (nSPS) is 13.2. The summed E-state index contributed by atoms with van der Waals surface area (Å²) in [5, 5.41) is 36.2. The van der Waals surface area contributed by atoms with Gasteiger partial charge in [0.05, 0.1) is 30.0 Å². The van der Waals surface area contributed by atoms with Crippen LogP contribution in [-0.4, -0.2) is 55.7 Å². The number of carbonyl (C=O) groups excluding carboxylic acids is 1. The summed E-state index contributed by atoms with van der Waals surface area (Å²) in [5.41, 5.74) is 1.93. The zero-order valence-electron chi connectivity index (χ0n) is 21.3. The fourth-order valence-corrected chi connectivity index (χ4v) is 3.34. The van der Waals surface area contributed by atoms with Gasteiger partial charge in [0, 0.05) is 18.5 Å². The zero-order valence-corrected chi connectivity index (χ0v) is 22.3. The number of aromatic nitrogens is 2. The first-order chi connectivity index (χ1) is 15.5. The number of benzene rings is 1. The van der Waals surface area contributed by atoms with Gasteiger partial charge in [0.1, 0.15) is 5.82 Å². The van der Waals surface area contributed by atoms with E-state index in [2.05, 4.69) is 10.4 Å². The Morgan fingerprint density at radius 2 is 1.79 bits per heavy atom. The zero-order chi connectivity index (χ0) is 24.7. The SMILES string of the molecule is CC(C)CNC(=O)c1nn(-c2ccc(F)cc2)c(/C=C/[C@H](O)C[C@@H](O)CC(=O)O)c1C(C)C.[H-].[Na+]. The van der Waals surface area contributed by atoms with Crippen LogP contribution in [-0.2, 0) is 4.79 Å². The third-order valence-corrected chi connectivity index (χ3v) is 4.89. The average molecular weight is 486 g/mol. The number of rotatable bonds is 11. The second-order valence-corrected chi connectivity index (χ2v) is 8.71. The molecule has 0 saturated carbocycles. The maximum Gasteiger partial charge on any atom is 1.00 e. The van der Waals surface area contributed by atoms with Gasteiger partial charge in [-0.15, -0.1) is 0 Å². The molecular formula is C24H33FN3NaO5. The number of aliphatic hydroxyl groups is 2. The van der Waals surface area contributed by atoms with E-state index in [4.69, 9.17) is 5.11 Å². The molecule has 1 aromatic heterocycles. The summed E-state index contributed by atoms with van der Waals surface area (Å²) in [6, 6.07) is 5.64. The first-order valence-corrected chi connectivity index (χ1v) is 10.9. The van der Waals surface area contributed by atoms with Gasteiger partial charge >= 0.3 is 35.5 Å². The van der Waals surface area contributed by atoms with Crippen molar-refractivity contribution >= 4 is 18.0 Å². The minimum atomic E-state index is -1.20. The molecule has 0 spiro atoms. The number of aliphatic carboxylic acids is 1. The molecule has 1 amide bonds. The third kappa shape index (κ3) is 8.63. The van der Waals surface area contributed by atoms with Crippen molar-refractivity contribution in [1.29, 1.82) is 0 Å². The molecule has 182 valence electrons. The Hall–Kier alpha value is -2.04. The van der Waals surface area contributed by atoms with Crippen LogP contribution in [0.5, 0.6) is 0 Å². The van der Waals surface area contributed by atoms with Gasteiger partial charge in [0.15, 0.2) is 5.69 Å². The van der Waals surface area contributed by atoms with Crippen molar-refractivity contribution in [2.75, 3.05) is 6.54 Å². The molecule has 1 heterocycles. The molecule has 34 heavy (non-hydrogen) atoms. The van der Waals surface area contributed by atoms with Gasteiger partial charge in [-0.05, 0) is 42.2 Å². The number of halogens is 1. The number of carboxylic acids is 1. The summed E-state index contributed by atoms with van der Waals surface area (Å²) in [6.45, 7) is 8.26. The molecule has 0 saturated heterocycles. The number of nitrogens with zero attached hydrogens (tertiary/aromatic N) is 2. The first kappa shape index (κ1) is 30.0. The second kappa shape index (κ2) is 13.7. The van der Waals surface area contributed by atoms with Crippen LogP contribution in [0.4, 0.5) is 4.39 Å². The number of hydrogen-bond donors (Lipinski definition) is 4. The van der Waals surface area contributed by atoms with Crippen molar-refractivity contribution in [3.8, 4) is 5.69 Å². The summed E-state index contributed by atoms with van der Waals surface area (Å²) in [6.07, 6.45) is 0.0507. The van der Waals surface area contributed by atoms with E-state index in [1.807, 2.05) is 27.7 Å². The van der Waals surface area contributed by atoms with Gasteiger partial charge in [-0.25, -0.2) is 9.07 Å². The molecule has 0 aliphatic carbocycles. The molecule has 8 nitrogen and oxygen atoms in total. The predicted octanol–water partition coefficient (Wildman–Crippen LogP) is 0.237. The van der Waals surface area contributed by atoms with Crippen molar-refractivity contribution in [2.24, 2.45) is 5.92 Å². The number of hydrogen-bond acceptors (Lipinski definition) is 5.